The highest BCUT2D eigenvalue weighted by atomic mass is 16.5. The van der Waals surface area contributed by atoms with Crippen molar-refractivity contribution in [2.24, 2.45) is 0 Å². The molecule has 1 heterocycles. The van der Waals surface area contributed by atoms with Crippen LogP contribution in [-0.2, 0) is 14.3 Å². The first-order valence-electron chi connectivity index (χ1n) is 8.55. The standard InChI is InChI=1S/C18H23N3O6/c1-27-15(23)5-3-7-20-17(25)12-8-13(16(24)14(22)9-12)21-18(26)11-4-2-6-19-10-11/h2,4,6,8,10,13-14,16,22,24H,3,5,7,9H2,1H3,(H,20,25)(H,21,26). The van der Waals surface area contributed by atoms with E-state index in [2.05, 4.69) is 20.4 Å². The van der Waals surface area contributed by atoms with E-state index in [0.29, 0.717) is 12.0 Å². The third-order valence-electron chi connectivity index (χ3n) is 4.16. The second-order valence-electron chi connectivity index (χ2n) is 6.13. The number of aliphatic hydroxyl groups excluding tert-OH is 2. The molecule has 1 aromatic rings. The van der Waals surface area contributed by atoms with E-state index in [-0.39, 0.29) is 30.9 Å². The molecule has 146 valence electrons. The number of esters is 1. The van der Waals surface area contributed by atoms with Gasteiger partial charge >= 0.3 is 5.97 Å². The zero-order valence-electron chi connectivity index (χ0n) is 14.9. The van der Waals surface area contributed by atoms with Crippen molar-refractivity contribution in [3.8, 4) is 0 Å². The number of rotatable bonds is 7. The van der Waals surface area contributed by atoms with Gasteiger partial charge in [0.15, 0.2) is 0 Å². The van der Waals surface area contributed by atoms with Crippen LogP contribution in [0.25, 0.3) is 0 Å². The van der Waals surface area contributed by atoms with Crippen LogP contribution in [0.1, 0.15) is 29.6 Å². The third kappa shape index (κ3) is 5.87. The van der Waals surface area contributed by atoms with Crippen LogP contribution >= 0.6 is 0 Å². The van der Waals surface area contributed by atoms with Crippen molar-refractivity contribution in [2.75, 3.05) is 13.7 Å². The maximum atomic E-state index is 12.3. The minimum Gasteiger partial charge on any atom is -0.469 e. The normalized spacial score (nSPS) is 21.7. The maximum absolute atomic E-state index is 12.3. The number of hydrogen-bond donors (Lipinski definition) is 4. The first-order chi connectivity index (χ1) is 12.9. The lowest BCUT2D eigenvalue weighted by Crippen LogP contribution is -2.51. The lowest BCUT2D eigenvalue weighted by molar-refractivity contribution is -0.140. The van der Waals surface area contributed by atoms with Gasteiger partial charge < -0.3 is 25.6 Å². The summed E-state index contributed by atoms with van der Waals surface area (Å²) >= 11 is 0. The summed E-state index contributed by atoms with van der Waals surface area (Å²) in [4.78, 5) is 39.4. The minimum absolute atomic E-state index is 0.0384. The van der Waals surface area contributed by atoms with Gasteiger partial charge in [-0.05, 0) is 18.6 Å². The van der Waals surface area contributed by atoms with E-state index in [9.17, 15) is 24.6 Å². The molecule has 4 N–H and O–H groups in total. The summed E-state index contributed by atoms with van der Waals surface area (Å²) in [6.45, 7) is 0.261. The first kappa shape index (κ1) is 20.5. The Bertz CT molecular complexity index is 706. The van der Waals surface area contributed by atoms with Crippen molar-refractivity contribution >= 4 is 17.8 Å². The molecule has 9 nitrogen and oxygen atoms in total. The van der Waals surface area contributed by atoms with Crippen molar-refractivity contribution in [3.05, 3.63) is 41.7 Å². The molecule has 0 fully saturated rings. The molecule has 3 atom stereocenters. The number of aromatic nitrogens is 1. The van der Waals surface area contributed by atoms with Gasteiger partial charge in [0.25, 0.3) is 5.91 Å². The second kappa shape index (κ2) is 9.79. The Morgan fingerprint density at radius 1 is 1.30 bits per heavy atom. The average molecular weight is 377 g/mol. The van der Waals surface area contributed by atoms with Gasteiger partial charge in [0.2, 0.25) is 5.91 Å². The second-order valence-corrected chi connectivity index (χ2v) is 6.13. The maximum Gasteiger partial charge on any atom is 0.305 e. The number of nitrogens with zero attached hydrogens (tertiary/aromatic N) is 1. The fourth-order valence-electron chi connectivity index (χ4n) is 2.65. The monoisotopic (exact) mass is 377 g/mol. The quantitative estimate of drug-likeness (QED) is 0.364. The molecule has 0 aliphatic heterocycles. The number of carbonyl (C=O) groups is 3. The summed E-state index contributed by atoms with van der Waals surface area (Å²) in [5.41, 5.74) is 0.550. The van der Waals surface area contributed by atoms with E-state index >= 15 is 0 Å². The van der Waals surface area contributed by atoms with E-state index in [1.807, 2.05) is 0 Å². The van der Waals surface area contributed by atoms with Gasteiger partial charge in [0.1, 0.15) is 6.10 Å². The van der Waals surface area contributed by atoms with Crippen LogP contribution in [0.5, 0.6) is 0 Å². The molecule has 1 aliphatic rings. The molecular formula is C18H23N3O6. The zero-order chi connectivity index (χ0) is 19.8. The molecule has 0 aromatic carbocycles. The SMILES string of the molecule is COC(=O)CCCNC(=O)C1=CC(NC(=O)c2cccnc2)C(O)C(O)C1. The van der Waals surface area contributed by atoms with E-state index < -0.39 is 30.1 Å². The molecule has 9 heteroatoms. The van der Waals surface area contributed by atoms with Gasteiger partial charge in [-0.1, -0.05) is 6.08 Å². The Labute approximate surface area is 156 Å². The minimum atomic E-state index is -1.23. The predicted molar refractivity (Wildman–Crippen MR) is 94.5 cm³/mol. The Morgan fingerprint density at radius 3 is 2.74 bits per heavy atom. The summed E-state index contributed by atoms with van der Waals surface area (Å²) < 4.78 is 4.52. The lowest BCUT2D eigenvalue weighted by atomic mass is 9.90. The van der Waals surface area contributed by atoms with Crippen LogP contribution in [0.3, 0.4) is 0 Å². The Kier molecular flexibility index (Phi) is 7.44. The van der Waals surface area contributed by atoms with Crippen molar-refractivity contribution in [1.82, 2.24) is 15.6 Å². The molecule has 0 radical (unpaired) electrons. The average Bonchev–Trinajstić information content (AvgIpc) is 2.68. The molecule has 3 unspecified atom stereocenters. The zero-order valence-corrected chi connectivity index (χ0v) is 14.9. The molecule has 0 saturated carbocycles. The van der Waals surface area contributed by atoms with Crippen LogP contribution in [0.15, 0.2) is 36.2 Å². The lowest BCUT2D eigenvalue weighted by Gasteiger charge is -2.31. The molecule has 1 aromatic heterocycles. The van der Waals surface area contributed by atoms with Gasteiger partial charge in [-0.2, -0.15) is 0 Å². The molecule has 27 heavy (non-hydrogen) atoms. The Hall–Kier alpha value is -2.78. The van der Waals surface area contributed by atoms with Crippen LogP contribution in [-0.4, -0.2) is 64.9 Å². The third-order valence-corrected chi connectivity index (χ3v) is 4.16. The molecular weight excluding hydrogens is 354 g/mol. The van der Waals surface area contributed by atoms with Crippen LogP contribution in [0.2, 0.25) is 0 Å². The van der Waals surface area contributed by atoms with Crippen LogP contribution in [0, 0.1) is 0 Å². The van der Waals surface area contributed by atoms with E-state index in [0.717, 1.165) is 0 Å². The number of nitrogens with one attached hydrogen (secondary N) is 2. The highest BCUT2D eigenvalue weighted by Crippen LogP contribution is 2.20. The number of ether oxygens (including phenoxy) is 1. The van der Waals surface area contributed by atoms with Crippen LogP contribution < -0.4 is 10.6 Å². The molecule has 2 amide bonds. The van der Waals surface area contributed by atoms with Crippen LogP contribution in [0.4, 0.5) is 0 Å². The first-order valence-corrected chi connectivity index (χ1v) is 8.55. The number of amides is 2. The van der Waals surface area contributed by atoms with E-state index in [1.165, 1.54) is 25.6 Å². The number of methoxy groups -OCH3 is 1. The predicted octanol–water partition coefficient (Wildman–Crippen LogP) is -0.699. The summed E-state index contributed by atoms with van der Waals surface area (Å²) in [5, 5.41) is 25.4. The Morgan fingerprint density at radius 2 is 2.07 bits per heavy atom. The van der Waals surface area contributed by atoms with Crippen molar-refractivity contribution in [3.63, 3.8) is 0 Å². The van der Waals surface area contributed by atoms with Gasteiger partial charge in [0, 0.05) is 37.4 Å². The van der Waals surface area contributed by atoms with Crippen molar-refractivity contribution in [2.45, 2.75) is 37.5 Å². The van der Waals surface area contributed by atoms with Crippen molar-refractivity contribution < 1.29 is 29.3 Å². The smallest absolute Gasteiger partial charge is 0.305 e. The van der Waals surface area contributed by atoms with Gasteiger partial charge in [0.05, 0.1) is 24.8 Å². The molecule has 0 bridgehead atoms. The summed E-state index contributed by atoms with van der Waals surface area (Å²) in [5.74, 6) is -1.26. The van der Waals surface area contributed by atoms with Gasteiger partial charge in [-0.25, -0.2) is 0 Å². The van der Waals surface area contributed by atoms with Gasteiger partial charge in [-0.3, -0.25) is 19.4 Å². The van der Waals surface area contributed by atoms with E-state index in [1.54, 1.807) is 12.1 Å². The molecule has 2 rings (SSSR count). The largest absolute Gasteiger partial charge is 0.469 e. The Balaban J connectivity index is 1.97. The highest BCUT2D eigenvalue weighted by Gasteiger charge is 2.33. The number of aliphatic hydroxyl groups is 2. The number of carbonyl (C=O) groups excluding carboxylic acids is 3. The molecule has 0 spiro atoms. The number of hydrogen-bond acceptors (Lipinski definition) is 7. The summed E-state index contributed by atoms with van der Waals surface area (Å²) in [6.07, 6.45) is 2.47. The summed E-state index contributed by atoms with van der Waals surface area (Å²) in [7, 11) is 1.29. The number of pyridine rings is 1. The molecule has 0 saturated heterocycles. The summed E-state index contributed by atoms with van der Waals surface area (Å²) in [6, 6.07) is 2.24. The highest BCUT2D eigenvalue weighted by molar-refractivity contribution is 5.95. The fraction of sp³-hybridized carbons (Fsp3) is 0.444. The fourth-order valence-corrected chi connectivity index (χ4v) is 2.65. The molecule has 1 aliphatic carbocycles. The van der Waals surface area contributed by atoms with E-state index in [4.69, 9.17) is 0 Å². The van der Waals surface area contributed by atoms with Gasteiger partial charge in [-0.15, -0.1) is 0 Å². The van der Waals surface area contributed by atoms with Crippen molar-refractivity contribution in [1.29, 1.82) is 0 Å². The topological polar surface area (TPSA) is 138 Å².